The van der Waals surface area contributed by atoms with E-state index >= 15 is 0 Å². The van der Waals surface area contributed by atoms with Gasteiger partial charge in [0, 0.05) is 16.8 Å². The van der Waals surface area contributed by atoms with E-state index in [1.54, 1.807) is 0 Å². The van der Waals surface area contributed by atoms with Crippen LogP contribution in [-0.4, -0.2) is 0 Å². The van der Waals surface area contributed by atoms with Gasteiger partial charge in [0.2, 0.25) is 0 Å². The van der Waals surface area contributed by atoms with Gasteiger partial charge >= 0.3 is 0 Å². The standard InChI is InChI=1S/C23H34N2/c1-7-15-17(9-3)21(24)13-11-19(15)23(5,6)20-12-14-22(25)18(10-4)16(20)8-2/h11-14H,7-10,24-25H2,1-6H3. The van der Waals surface area contributed by atoms with Gasteiger partial charge in [0.15, 0.2) is 0 Å². The quantitative estimate of drug-likeness (QED) is 0.690. The molecule has 0 fully saturated rings. The second-order valence-electron chi connectivity index (χ2n) is 7.36. The summed E-state index contributed by atoms with van der Waals surface area (Å²) in [7, 11) is 0. The minimum atomic E-state index is -0.0775. The van der Waals surface area contributed by atoms with Crippen LogP contribution in [0.1, 0.15) is 74.9 Å². The van der Waals surface area contributed by atoms with E-state index in [2.05, 4.69) is 65.8 Å². The summed E-state index contributed by atoms with van der Waals surface area (Å²) in [4.78, 5) is 0. The van der Waals surface area contributed by atoms with E-state index in [-0.39, 0.29) is 5.41 Å². The van der Waals surface area contributed by atoms with Crippen molar-refractivity contribution in [2.75, 3.05) is 11.5 Å². The summed E-state index contributed by atoms with van der Waals surface area (Å²) in [6.07, 6.45) is 3.96. The average molecular weight is 339 g/mol. The van der Waals surface area contributed by atoms with Crippen molar-refractivity contribution < 1.29 is 0 Å². The van der Waals surface area contributed by atoms with Crippen LogP contribution in [0.25, 0.3) is 0 Å². The Bertz CT molecular complexity index is 694. The van der Waals surface area contributed by atoms with Crippen LogP contribution in [0.2, 0.25) is 0 Å². The SMILES string of the molecule is CCc1c(N)ccc(C(C)(C)c2ccc(N)c(CC)c2CC)c1CC. The summed E-state index contributed by atoms with van der Waals surface area (Å²) in [5.74, 6) is 0. The zero-order valence-electron chi connectivity index (χ0n) is 16.8. The third-order valence-corrected chi connectivity index (χ3v) is 5.70. The molecule has 2 nitrogen and oxygen atoms in total. The number of nitrogen functional groups attached to an aromatic ring is 2. The molecule has 2 heteroatoms. The molecule has 0 heterocycles. The largest absolute Gasteiger partial charge is 0.398 e. The maximum absolute atomic E-state index is 6.26. The van der Waals surface area contributed by atoms with Crippen LogP contribution >= 0.6 is 0 Å². The first kappa shape index (κ1) is 19.4. The molecule has 2 aromatic rings. The van der Waals surface area contributed by atoms with Gasteiger partial charge in [-0.25, -0.2) is 0 Å². The molecular formula is C23H34N2. The number of rotatable bonds is 6. The second-order valence-corrected chi connectivity index (χ2v) is 7.36. The van der Waals surface area contributed by atoms with Crippen LogP contribution in [0, 0.1) is 0 Å². The van der Waals surface area contributed by atoms with Gasteiger partial charge in [0.05, 0.1) is 0 Å². The van der Waals surface area contributed by atoms with Crippen LogP contribution in [0.4, 0.5) is 11.4 Å². The molecule has 0 amide bonds. The van der Waals surface area contributed by atoms with Crippen LogP contribution in [-0.2, 0) is 31.1 Å². The van der Waals surface area contributed by atoms with E-state index in [0.717, 1.165) is 37.1 Å². The molecule has 0 aliphatic rings. The van der Waals surface area contributed by atoms with Crippen molar-refractivity contribution in [3.05, 3.63) is 57.6 Å². The zero-order valence-corrected chi connectivity index (χ0v) is 16.8. The van der Waals surface area contributed by atoms with Gasteiger partial charge in [-0.15, -0.1) is 0 Å². The lowest BCUT2D eigenvalue weighted by molar-refractivity contribution is 0.621. The van der Waals surface area contributed by atoms with Crippen LogP contribution in [0.5, 0.6) is 0 Å². The molecule has 0 atom stereocenters. The highest BCUT2D eigenvalue weighted by molar-refractivity contribution is 5.61. The Balaban J connectivity index is 2.76. The summed E-state index contributed by atoms with van der Waals surface area (Å²) in [5, 5.41) is 0. The topological polar surface area (TPSA) is 52.0 Å². The van der Waals surface area contributed by atoms with Crippen molar-refractivity contribution in [1.82, 2.24) is 0 Å². The average Bonchev–Trinajstić information content (AvgIpc) is 2.60. The number of hydrogen-bond donors (Lipinski definition) is 2. The van der Waals surface area contributed by atoms with Crippen molar-refractivity contribution >= 4 is 11.4 Å². The van der Waals surface area contributed by atoms with Crippen molar-refractivity contribution in [2.24, 2.45) is 0 Å². The minimum absolute atomic E-state index is 0.0775. The Morgan fingerprint density at radius 1 is 0.600 bits per heavy atom. The van der Waals surface area contributed by atoms with Crippen molar-refractivity contribution in [3.63, 3.8) is 0 Å². The van der Waals surface area contributed by atoms with Gasteiger partial charge in [-0.1, -0.05) is 53.7 Å². The van der Waals surface area contributed by atoms with Gasteiger partial charge in [-0.2, -0.15) is 0 Å². The summed E-state index contributed by atoms with van der Waals surface area (Å²) in [6.45, 7) is 13.5. The number of hydrogen-bond acceptors (Lipinski definition) is 2. The fourth-order valence-electron chi connectivity index (χ4n) is 4.38. The molecule has 0 saturated carbocycles. The summed E-state index contributed by atoms with van der Waals surface area (Å²) < 4.78 is 0. The predicted octanol–water partition coefficient (Wildman–Crippen LogP) is 5.43. The first-order valence-corrected chi connectivity index (χ1v) is 9.64. The number of nitrogens with two attached hydrogens (primary N) is 2. The Kier molecular flexibility index (Phi) is 5.82. The van der Waals surface area contributed by atoms with E-state index in [0.29, 0.717) is 0 Å². The van der Waals surface area contributed by atoms with E-state index in [9.17, 15) is 0 Å². The molecule has 0 aliphatic carbocycles. The Morgan fingerprint density at radius 3 is 1.20 bits per heavy atom. The molecule has 0 saturated heterocycles. The molecule has 25 heavy (non-hydrogen) atoms. The minimum Gasteiger partial charge on any atom is -0.398 e. The molecule has 4 N–H and O–H groups in total. The number of benzene rings is 2. The molecule has 2 rings (SSSR count). The maximum atomic E-state index is 6.26. The molecule has 0 aromatic heterocycles. The molecule has 2 aromatic carbocycles. The maximum Gasteiger partial charge on any atom is 0.0349 e. The van der Waals surface area contributed by atoms with Gasteiger partial charge in [-0.3, -0.25) is 0 Å². The lowest BCUT2D eigenvalue weighted by atomic mass is 9.71. The van der Waals surface area contributed by atoms with Crippen molar-refractivity contribution in [2.45, 2.75) is 72.6 Å². The lowest BCUT2D eigenvalue weighted by Gasteiger charge is -2.33. The highest BCUT2D eigenvalue weighted by atomic mass is 14.6. The van der Waals surface area contributed by atoms with E-state index in [1.807, 2.05) is 0 Å². The van der Waals surface area contributed by atoms with E-state index in [1.165, 1.54) is 33.4 Å². The van der Waals surface area contributed by atoms with Crippen LogP contribution in [0.3, 0.4) is 0 Å². The van der Waals surface area contributed by atoms with Crippen LogP contribution < -0.4 is 11.5 Å². The summed E-state index contributed by atoms with van der Waals surface area (Å²) in [5.41, 5.74) is 22.5. The van der Waals surface area contributed by atoms with Gasteiger partial charge in [-0.05, 0) is 71.2 Å². The fraction of sp³-hybridized carbons (Fsp3) is 0.478. The molecule has 0 unspecified atom stereocenters. The Hall–Kier alpha value is -1.96. The smallest absolute Gasteiger partial charge is 0.0349 e. The van der Waals surface area contributed by atoms with Crippen molar-refractivity contribution in [1.29, 1.82) is 0 Å². The highest BCUT2D eigenvalue weighted by Gasteiger charge is 2.30. The third kappa shape index (κ3) is 3.27. The first-order chi connectivity index (χ1) is 11.8. The molecule has 136 valence electrons. The predicted molar refractivity (Wildman–Crippen MR) is 111 cm³/mol. The first-order valence-electron chi connectivity index (χ1n) is 9.64. The molecule has 0 bridgehead atoms. The summed E-state index contributed by atoms with van der Waals surface area (Å²) in [6, 6.07) is 8.63. The van der Waals surface area contributed by atoms with E-state index < -0.39 is 0 Å². The van der Waals surface area contributed by atoms with Gasteiger partial charge in [0.25, 0.3) is 0 Å². The fourth-order valence-corrected chi connectivity index (χ4v) is 4.38. The Labute approximate surface area is 153 Å². The molecule has 0 spiro atoms. The molecular weight excluding hydrogens is 304 g/mol. The third-order valence-electron chi connectivity index (χ3n) is 5.70. The van der Waals surface area contributed by atoms with Gasteiger partial charge < -0.3 is 11.5 Å². The lowest BCUT2D eigenvalue weighted by Crippen LogP contribution is -2.24. The zero-order chi connectivity index (χ0) is 18.8. The highest BCUT2D eigenvalue weighted by Crippen LogP contribution is 2.40. The molecule has 0 aliphatic heterocycles. The monoisotopic (exact) mass is 338 g/mol. The Morgan fingerprint density at radius 2 is 0.920 bits per heavy atom. The summed E-state index contributed by atoms with van der Waals surface area (Å²) >= 11 is 0. The molecule has 0 radical (unpaired) electrons. The number of anilines is 2. The van der Waals surface area contributed by atoms with Gasteiger partial charge in [0.1, 0.15) is 0 Å². The normalized spacial score (nSPS) is 11.8. The van der Waals surface area contributed by atoms with Crippen molar-refractivity contribution in [3.8, 4) is 0 Å². The van der Waals surface area contributed by atoms with E-state index in [4.69, 9.17) is 11.5 Å². The second kappa shape index (κ2) is 7.51. The van der Waals surface area contributed by atoms with Crippen LogP contribution in [0.15, 0.2) is 24.3 Å².